The van der Waals surface area contributed by atoms with Gasteiger partial charge in [0.15, 0.2) is 12.4 Å². The second-order valence-electron chi connectivity index (χ2n) is 3.77. The predicted molar refractivity (Wildman–Crippen MR) is 63.4 cm³/mol. The van der Waals surface area contributed by atoms with E-state index < -0.39 is 10.9 Å². The van der Waals surface area contributed by atoms with Crippen LogP contribution in [-0.2, 0) is 6.61 Å². The molecule has 1 heterocycles. The number of benzene rings is 1. The SMILES string of the molecule is Cc1noc(COc2ccc([N+](=O)[O-])cc2C(=O)O)n1. The molecule has 20 heavy (non-hydrogen) atoms. The van der Waals surface area contributed by atoms with Crippen LogP contribution < -0.4 is 4.74 Å². The van der Waals surface area contributed by atoms with Crippen LogP contribution in [0.1, 0.15) is 22.1 Å². The minimum atomic E-state index is -1.33. The van der Waals surface area contributed by atoms with Crippen LogP contribution in [0.3, 0.4) is 0 Å². The van der Waals surface area contributed by atoms with E-state index >= 15 is 0 Å². The van der Waals surface area contributed by atoms with Crippen molar-refractivity contribution in [3.8, 4) is 5.75 Å². The zero-order chi connectivity index (χ0) is 14.7. The smallest absolute Gasteiger partial charge is 0.339 e. The van der Waals surface area contributed by atoms with Gasteiger partial charge in [0.05, 0.1) is 4.92 Å². The fourth-order valence-corrected chi connectivity index (χ4v) is 1.46. The molecule has 0 bridgehead atoms. The first-order valence-electron chi connectivity index (χ1n) is 5.41. The molecular weight excluding hydrogens is 270 g/mol. The van der Waals surface area contributed by atoms with Gasteiger partial charge in [-0.25, -0.2) is 4.79 Å². The number of rotatable bonds is 5. The van der Waals surface area contributed by atoms with E-state index in [0.29, 0.717) is 5.82 Å². The van der Waals surface area contributed by atoms with Crippen molar-refractivity contribution in [2.45, 2.75) is 13.5 Å². The van der Waals surface area contributed by atoms with Crippen LogP contribution >= 0.6 is 0 Å². The van der Waals surface area contributed by atoms with E-state index in [0.717, 1.165) is 12.1 Å². The first kappa shape index (κ1) is 13.5. The first-order chi connectivity index (χ1) is 9.47. The number of nitro groups is 1. The number of hydrogen-bond donors (Lipinski definition) is 1. The number of ether oxygens (including phenoxy) is 1. The van der Waals surface area contributed by atoms with Crippen molar-refractivity contribution in [2.24, 2.45) is 0 Å². The standard InChI is InChI=1S/C11H9N3O6/c1-6-12-10(20-13-6)5-19-9-3-2-7(14(17)18)4-8(9)11(15)16/h2-4H,5H2,1H3,(H,15,16). The van der Waals surface area contributed by atoms with Gasteiger partial charge in [0, 0.05) is 12.1 Å². The van der Waals surface area contributed by atoms with Gasteiger partial charge in [0.2, 0.25) is 0 Å². The number of carboxylic acids is 1. The first-order valence-corrected chi connectivity index (χ1v) is 5.41. The molecule has 2 aromatic rings. The molecule has 1 N–H and O–H groups in total. The van der Waals surface area contributed by atoms with Gasteiger partial charge in [-0.2, -0.15) is 4.98 Å². The number of hydrogen-bond acceptors (Lipinski definition) is 7. The number of nitrogens with zero attached hydrogens (tertiary/aromatic N) is 3. The van der Waals surface area contributed by atoms with E-state index in [2.05, 4.69) is 10.1 Å². The van der Waals surface area contributed by atoms with Gasteiger partial charge in [-0.05, 0) is 13.0 Å². The van der Waals surface area contributed by atoms with E-state index in [9.17, 15) is 14.9 Å². The topological polar surface area (TPSA) is 129 Å². The lowest BCUT2D eigenvalue weighted by molar-refractivity contribution is -0.384. The van der Waals surface area contributed by atoms with E-state index in [1.165, 1.54) is 6.07 Å². The van der Waals surface area contributed by atoms with E-state index in [1.807, 2.05) is 0 Å². The monoisotopic (exact) mass is 279 g/mol. The van der Waals surface area contributed by atoms with E-state index in [1.54, 1.807) is 6.92 Å². The molecule has 9 nitrogen and oxygen atoms in total. The largest absolute Gasteiger partial charge is 0.483 e. The number of non-ortho nitro benzene ring substituents is 1. The van der Waals surface area contributed by atoms with Crippen molar-refractivity contribution in [1.82, 2.24) is 10.1 Å². The van der Waals surface area contributed by atoms with Gasteiger partial charge in [-0.3, -0.25) is 10.1 Å². The van der Waals surface area contributed by atoms with Crippen LogP contribution in [0.15, 0.2) is 22.7 Å². The van der Waals surface area contributed by atoms with Gasteiger partial charge in [-0.15, -0.1) is 0 Å². The van der Waals surface area contributed by atoms with Gasteiger partial charge in [-0.1, -0.05) is 5.16 Å². The number of aromatic nitrogens is 2. The summed E-state index contributed by atoms with van der Waals surface area (Å²) in [6.45, 7) is 1.50. The number of nitro benzene ring substituents is 1. The lowest BCUT2D eigenvalue weighted by Gasteiger charge is -2.06. The molecular formula is C11H9N3O6. The van der Waals surface area contributed by atoms with Gasteiger partial charge in [0.1, 0.15) is 11.3 Å². The summed E-state index contributed by atoms with van der Waals surface area (Å²) in [6, 6.07) is 3.29. The second kappa shape index (κ2) is 5.34. The van der Waals surface area contributed by atoms with Crippen LogP contribution in [0.5, 0.6) is 5.75 Å². The average Bonchev–Trinajstić information content (AvgIpc) is 2.81. The summed E-state index contributed by atoms with van der Waals surface area (Å²) in [4.78, 5) is 24.9. The van der Waals surface area contributed by atoms with Crippen LogP contribution in [-0.4, -0.2) is 26.1 Å². The van der Waals surface area contributed by atoms with Crippen molar-refractivity contribution in [3.63, 3.8) is 0 Å². The summed E-state index contributed by atoms with van der Waals surface area (Å²) >= 11 is 0. The Hall–Kier alpha value is -2.97. The molecule has 0 aliphatic rings. The minimum absolute atomic E-state index is 0.0149. The number of aryl methyl sites for hydroxylation is 1. The highest BCUT2D eigenvalue weighted by Crippen LogP contribution is 2.24. The molecule has 9 heteroatoms. The average molecular weight is 279 g/mol. The molecule has 0 saturated heterocycles. The Balaban J connectivity index is 2.22. The molecule has 0 aliphatic heterocycles. The summed E-state index contributed by atoms with van der Waals surface area (Å²) in [5.41, 5.74) is -0.640. The van der Waals surface area contributed by atoms with Crippen LogP contribution in [0.25, 0.3) is 0 Å². The highest BCUT2D eigenvalue weighted by molar-refractivity contribution is 5.91. The molecule has 2 rings (SSSR count). The van der Waals surface area contributed by atoms with Crippen LogP contribution in [0, 0.1) is 17.0 Å². The molecule has 0 spiro atoms. The third kappa shape index (κ3) is 2.88. The highest BCUT2D eigenvalue weighted by Gasteiger charge is 2.17. The Kier molecular flexibility index (Phi) is 3.60. The van der Waals surface area contributed by atoms with Crippen LogP contribution in [0.4, 0.5) is 5.69 Å². The maximum absolute atomic E-state index is 11.1. The van der Waals surface area contributed by atoms with Crippen molar-refractivity contribution in [3.05, 3.63) is 45.6 Å². The van der Waals surface area contributed by atoms with Crippen LogP contribution in [0.2, 0.25) is 0 Å². The van der Waals surface area contributed by atoms with Gasteiger partial charge >= 0.3 is 5.97 Å². The molecule has 0 aliphatic carbocycles. The highest BCUT2D eigenvalue weighted by atomic mass is 16.6. The summed E-state index contributed by atoms with van der Waals surface area (Å²) < 4.78 is 10.0. The Labute approximate surface area is 111 Å². The van der Waals surface area contributed by atoms with Crippen molar-refractivity contribution in [2.75, 3.05) is 0 Å². The third-order valence-electron chi connectivity index (χ3n) is 2.33. The number of carboxylic acid groups (broad SMARTS) is 1. The maximum Gasteiger partial charge on any atom is 0.339 e. The van der Waals surface area contributed by atoms with Crippen molar-refractivity contribution >= 4 is 11.7 Å². The second-order valence-corrected chi connectivity index (χ2v) is 3.77. The Morgan fingerprint density at radius 3 is 2.85 bits per heavy atom. The third-order valence-corrected chi connectivity index (χ3v) is 2.33. The molecule has 0 amide bonds. The fourth-order valence-electron chi connectivity index (χ4n) is 1.46. The number of aromatic carboxylic acids is 1. The zero-order valence-corrected chi connectivity index (χ0v) is 10.3. The molecule has 1 aromatic carbocycles. The Morgan fingerprint density at radius 2 is 2.30 bits per heavy atom. The quantitative estimate of drug-likeness (QED) is 0.644. The summed E-state index contributed by atoms with van der Waals surface area (Å²) in [6.07, 6.45) is 0. The molecule has 0 atom stereocenters. The molecule has 0 radical (unpaired) electrons. The Morgan fingerprint density at radius 1 is 1.55 bits per heavy atom. The normalized spacial score (nSPS) is 10.2. The maximum atomic E-state index is 11.1. The molecule has 1 aromatic heterocycles. The molecule has 0 unspecified atom stereocenters. The fraction of sp³-hybridized carbons (Fsp3) is 0.182. The molecule has 104 valence electrons. The van der Waals surface area contributed by atoms with E-state index in [4.69, 9.17) is 14.4 Å². The lowest BCUT2D eigenvalue weighted by Crippen LogP contribution is -2.04. The zero-order valence-electron chi connectivity index (χ0n) is 10.3. The molecule has 0 fully saturated rings. The molecule has 0 saturated carbocycles. The van der Waals surface area contributed by atoms with Gasteiger partial charge in [0.25, 0.3) is 11.6 Å². The van der Waals surface area contributed by atoms with Crippen molar-refractivity contribution in [1.29, 1.82) is 0 Å². The van der Waals surface area contributed by atoms with Gasteiger partial charge < -0.3 is 14.4 Å². The Bertz CT molecular complexity index is 666. The summed E-state index contributed by atoms with van der Waals surface area (Å²) in [5, 5.41) is 23.2. The summed E-state index contributed by atoms with van der Waals surface area (Å²) in [7, 11) is 0. The van der Waals surface area contributed by atoms with E-state index in [-0.39, 0.29) is 29.5 Å². The summed E-state index contributed by atoms with van der Waals surface area (Å²) in [5.74, 6) is -0.743. The predicted octanol–water partition coefficient (Wildman–Crippen LogP) is 1.56. The number of carbonyl (C=O) groups is 1. The van der Waals surface area contributed by atoms with Crippen molar-refractivity contribution < 1.29 is 24.1 Å². The lowest BCUT2D eigenvalue weighted by atomic mass is 10.2. The minimum Gasteiger partial charge on any atom is -0.483 e.